The topological polar surface area (TPSA) is 38.9 Å². The SMILES string of the molecule is CC(C)c1ccc(-c2nc3cnccc3o2)cc1. The van der Waals surface area contributed by atoms with Crippen LogP contribution in [0.3, 0.4) is 0 Å². The molecular weight excluding hydrogens is 224 g/mol. The molecule has 0 amide bonds. The first-order valence-corrected chi connectivity index (χ1v) is 6.05. The summed E-state index contributed by atoms with van der Waals surface area (Å²) in [4.78, 5) is 8.46. The smallest absolute Gasteiger partial charge is 0.227 e. The molecule has 0 aliphatic rings. The Labute approximate surface area is 105 Å². The fraction of sp³-hybridized carbons (Fsp3) is 0.200. The highest BCUT2D eigenvalue weighted by atomic mass is 16.3. The lowest BCUT2D eigenvalue weighted by Crippen LogP contribution is -1.86. The largest absolute Gasteiger partial charge is 0.436 e. The molecule has 3 aromatic rings. The van der Waals surface area contributed by atoms with E-state index in [9.17, 15) is 0 Å². The highest BCUT2D eigenvalue weighted by Gasteiger charge is 2.08. The van der Waals surface area contributed by atoms with Crippen molar-refractivity contribution in [2.24, 2.45) is 0 Å². The number of oxazole rings is 1. The number of pyridine rings is 1. The van der Waals surface area contributed by atoms with Crippen LogP contribution >= 0.6 is 0 Å². The van der Waals surface area contributed by atoms with E-state index in [0.29, 0.717) is 11.8 Å². The van der Waals surface area contributed by atoms with E-state index in [4.69, 9.17) is 4.42 Å². The van der Waals surface area contributed by atoms with Crippen LogP contribution in [0.4, 0.5) is 0 Å². The van der Waals surface area contributed by atoms with Crippen molar-refractivity contribution in [2.45, 2.75) is 19.8 Å². The first-order valence-electron chi connectivity index (χ1n) is 6.05. The summed E-state index contributed by atoms with van der Waals surface area (Å²) in [5.74, 6) is 1.18. The first kappa shape index (κ1) is 11.0. The Bertz CT molecular complexity index is 635. The predicted molar refractivity (Wildman–Crippen MR) is 71.3 cm³/mol. The van der Waals surface area contributed by atoms with Crippen LogP contribution in [0.15, 0.2) is 47.1 Å². The number of benzene rings is 1. The van der Waals surface area contributed by atoms with E-state index in [0.717, 1.165) is 16.7 Å². The van der Waals surface area contributed by atoms with E-state index in [1.165, 1.54) is 5.56 Å². The summed E-state index contributed by atoms with van der Waals surface area (Å²) < 4.78 is 5.70. The second kappa shape index (κ2) is 4.26. The molecule has 3 heteroatoms. The van der Waals surface area contributed by atoms with Crippen LogP contribution in [-0.4, -0.2) is 9.97 Å². The van der Waals surface area contributed by atoms with E-state index >= 15 is 0 Å². The molecule has 0 radical (unpaired) electrons. The summed E-state index contributed by atoms with van der Waals surface area (Å²) in [6.45, 7) is 4.36. The molecule has 0 aliphatic carbocycles. The zero-order valence-electron chi connectivity index (χ0n) is 10.4. The van der Waals surface area contributed by atoms with E-state index in [2.05, 4.69) is 35.9 Å². The van der Waals surface area contributed by atoms with Crippen molar-refractivity contribution in [2.75, 3.05) is 0 Å². The van der Waals surface area contributed by atoms with Gasteiger partial charge in [0.2, 0.25) is 5.89 Å². The molecule has 0 unspecified atom stereocenters. The van der Waals surface area contributed by atoms with E-state index < -0.39 is 0 Å². The number of hydrogen-bond donors (Lipinski definition) is 0. The maximum absolute atomic E-state index is 5.70. The average Bonchev–Trinajstić information content (AvgIpc) is 2.82. The molecule has 0 atom stereocenters. The molecule has 0 fully saturated rings. The van der Waals surface area contributed by atoms with Crippen LogP contribution < -0.4 is 0 Å². The molecule has 90 valence electrons. The molecular formula is C15H14N2O. The second-order valence-electron chi connectivity index (χ2n) is 4.64. The van der Waals surface area contributed by atoms with Gasteiger partial charge < -0.3 is 4.42 Å². The summed E-state index contributed by atoms with van der Waals surface area (Å²) in [5, 5.41) is 0. The number of aromatic nitrogens is 2. The molecule has 0 saturated heterocycles. The van der Waals surface area contributed by atoms with Crippen molar-refractivity contribution in [3.8, 4) is 11.5 Å². The third-order valence-electron chi connectivity index (χ3n) is 3.01. The quantitative estimate of drug-likeness (QED) is 0.677. The van der Waals surface area contributed by atoms with Crippen LogP contribution in [0.2, 0.25) is 0 Å². The van der Waals surface area contributed by atoms with Crippen molar-refractivity contribution in [3.63, 3.8) is 0 Å². The number of nitrogens with zero attached hydrogens (tertiary/aromatic N) is 2. The van der Waals surface area contributed by atoms with E-state index in [1.54, 1.807) is 12.4 Å². The van der Waals surface area contributed by atoms with Gasteiger partial charge in [0.15, 0.2) is 5.58 Å². The van der Waals surface area contributed by atoms with Gasteiger partial charge in [-0.05, 0) is 23.6 Å². The molecule has 3 rings (SSSR count). The van der Waals surface area contributed by atoms with Gasteiger partial charge in [0.05, 0.1) is 6.20 Å². The molecule has 0 saturated carbocycles. The lowest BCUT2D eigenvalue weighted by molar-refractivity contribution is 0.619. The molecule has 2 aromatic heterocycles. The van der Waals surface area contributed by atoms with Gasteiger partial charge in [0.1, 0.15) is 5.52 Å². The van der Waals surface area contributed by atoms with E-state index in [-0.39, 0.29) is 0 Å². The molecule has 0 bridgehead atoms. The van der Waals surface area contributed by atoms with Gasteiger partial charge in [-0.3, -0.25) is 4.98 Å². The Morgan fingerprint density at radius 3 is 2.50 bits per heavy atom. The Morgan fingerprint density at radius 2 is 1.83 bits per heavy atom. The summed E-state index contributed by atoms with van der Waals surface area (Å²) in [6.07, 6.45) is 3.42. The van der Waals surface area contributed by atoms with Crippen molar-refractivity contribution >= 4 is 11.1 Å². The summed E-state index contributed by atoms with van der Waals surface area (Å²) in [6, 6.07) is 10.2. The van der Waals surface area contributed by atoms with Crippen molar-refractivity contribution < 1.29 is 4.42 Å². The predicted octanol–water partition coefficient (Wildman–Crippen LogP) is 4.01. The summed E-state index contributed by atoms with van der Waals surface area (Å²) in [7, 11) is 0. The lowest BCUT2D eigenvalue weighted by atomic mass is 10.0. The zero-order valence-corrected chi connectivity index (χ0v) is 10.4. The van der Waals surface area contributed by atoms with Crippen LogP contribution in [0.1, 0.15) is 25.3 Å². The second-order valence-corrected chi connectivity index (χ2v) is 4.64. The highest BCUT2D eigenvalue weighted by Crippen LogP contribution is 2.25. The fourth-order valence-corrected chi connectivity index (χ4v) is 1.91. The molecule has 2 heterocycles. The number of rotatable bonds is 2. The van der Waals surface area contributed by atoms with Crippen molar-refractivity contribution in [3.05, 3.63) is 48.3 Å². The van der Waals surface area contributed by atoms with Crippen LogP contribution in [0.25, 0.3) is 22.6 Å². The molecule has 1 aromatic carbocycles. The third-order valence-corrected chi connectivity index (χ3v) is 3.01. The number of fused-ring (bicyclic) bond motifs is 1. The summed E-state index contributed by atoms with van der Waals surface area (Å²) in [5.41, 5.74) is 3.88. The standard InChI is InChI=1S/C15H14N2O/c1-10(2)11-3-5-12(6-4-11)15-17-13-9-16-8-7-14(13)18-15/h3-10H,1-2H3. The van der Waals surface area contributed by atoms with Crippen molar-refractivity contribution in [1.29, 1.82) is 0 Å². The van der Waals surface area contributed by atoms with Crippen LogP contribution in [-0.2, 0) is 0 Å². The number of hydrogen-bond acceptors (Lipinski definition) is 3. The molecule has 0 N–H and O–H groups in total. The maximum Gasteiger partial charge on any atom is 0.227 e. The average molecular weight is 238 g/mol. The zero-order chi connectivity index (χ0) is 12.5. The minimum atomic E-state index is 0.534. The van der Waals surface area contributed by atoms with Gasteiger partial charge in [-0.2, -0.15) is 0 Å². The summed E-state index contributed by atoms with van der Waals surface area (Å²) >= 11 is 0. The molecule has 0 aliphatic heterocycles. The monoisotopic (exact) mass is 238 g/mol. The molecule has 18 heavy (non-hydrogen) atoms. The van der Waals surface area contributed by atoms with Crippen molar-refractivity contribution in [1.82, 2.24) is 9.97 Å². The highest BCUT2D eigenvalue weighted by molar-refractivity contribution is 5.74. The Balaban J connectivity index is 2.03. The van der Waals surface area contributed by atoms with Gasteiger partial charge in [0.25, 0.3) is 0 Å². The fourth-order valence-electron chi connectivity index (χ4n) is 1.91. The molecule has 0 spiro atoms. The van der Waals surface area contributed by atoms with Gasteiger partial charge in [-0.25, -0.2) is 4.98 Å². The van der Waals surface area contributed by atoms with Gasteiger partial charge in [0, 0.05) is 17.8 Å². The van der Waals surface area contributed by atoms with Gasteiger partial charge >= 0.3 is 0 Å². The lowest BCUT2D eigenvalue weighted by Gasteiger charge is -2.04. The molecule has 3 nitrogen and oxygen atoms in total. The minimum absolute atomic E-state index is 0.534. The normalized spacial score (nSPS) is 11.3. The maximum atomic E-state index is 5.70. The Morgan fingerprint density at radius 1 is 1.06 bits per heavy atom. The van der Waals surface area contributed by atoms with Gasteiger partial charge in [-0.15, -0.1) is 0 Å². The minimum Gasteiger partial charge on any atom is -0.436 e. The Hall–Kier alpha value is -2.16. The Kier molecular flexibility index (Phi) is 2.59. The first-order chi connectivity index (χ1) is 8.74. The van der Waals surface area contributed by atoms with Crippen LogP contribution in [0, 0.1) is 0 Å². The van der Waals surface area contributed by atoms with E-state index in [1.807, 2.05) is 18.2 Å². The third kappa shape index (κ3) is 1.88. The van der Waals surface area contributed by atoms with Gasteiger partial charge in [-0.1, -0.05) is 26.0 Å². The van der Waals surface area contributed by atoms with Crippen LogP contribution in [0.5, 0.6) is 0 Å².